The predicted octanol–water partition coefficient (Wildman–Crippen LogP) is 0.403. The number of likely N-dealkylation sites (N-methyl/N-ethyl adjacent to an activating group) is 1. The maximum absolute atomic E-state index is 11.3. The number of hydrogen-bond acceptors (Lipinski definition) is 6. The van der Waals surface area contributed by atoms with Crippen molar-refractivity contribution in [3.8, 4) is 0 Å². The van der Waals surface area contributed by atoms with E-state index in [0.29, 0.717) is 6.04 Å². The third kappa shape index (κ3) is 2.59. The standard InChI is InChI=1S/C12H18N4O2/c1-9-8-15(2)4-5-16(9)11-7-13-10(6-14-11)12(17)18-3/h6-7,9H,4-5,8H2,1-3H3. The van der Waals surface area contributed by atoms with Gasteiger partial charge in [0, 0.05) is 25.7 Å². The van der Waals surface area contributed by atoms with Crippen LogP contribution < -0.4 is 4.90 Å². The second-order valence-electron chi connectivity index (χ2n) is 4.56. The van der Waals surface area contributed by atoms with Gasteiger partial charge in [0.2, 0.25) is 0 Å². The molecule has 1 atom stereocenters. The molecule has 0 radical (unpaired) electrons. The molecule has 98 valence electrons. The largest absolute Gasteiger partial charge is 0.464 e. The molecular formula is C12H18N4O2. The molecule has 18 heavy (non-hydrogen) atoms. The van der Waals surface area contributed by atoms with Gasteiger partial charge in [-0.3, -0.25) is 0 Å². The molecule has 1 saturated heterocycles. The highest BCUT2D eigenvalue weighted by atomic mass is 16.5. The van der Waals surface area contributed by atoms with Gasteiger partial charge < -0.3 is 14.5 Å². The van der Waals surface area contributed by atoms with Crippen LogP contribution in [0.5, 0.6) is 0 Å². The number of aromatic nitrogens is 2. The van der Waals surface area contributed by atoms with Crippen LogP contribution in [-0.2, 0) is 4.74 Å². The van der Waals surface area contributed by atoms with Gasteiger partial charge in [-0.25, -0.2) is 14.8 Å². The molecule has 6 heteroatoms. The first kappa shape index (κ1) is 12.8. The van der Waals surface area contributed by atoms with Crippen molar-refractivity contribution >= 4 is 11.8 Å². The molecule has 1 aromatic rings. The molecule has 0 N–H and O–H groups in total. The van der Waals surface area contributed by atoms with E-state index in [1.54, 1.807) is 6.20 Å². The molecule has 0 saturated carbocycles. The molecule has 1 aromatic heterocycles. The summed E-state index contributed by atoms with van der Waals surface area (Å²) in [7, 11) is 3.44. The molecule has 0 aromatic carbocycles. The minimum Gasteiger partial charge on any atom is -0.464 e. The van der Waals surface area contributed by atoms with E-state index >= 15 is 0 Å². The van der Waals surface area contributed by atoms with Crippen molar-refractivity contribution in [1.29, 1.82) is 0 Å². The van der Waals surface area contributed by atoms with Gasteiger partial charge in [-0.15, -0.1) is 0 Å². The Labute approximate surface area is 107 Å². The summed E-state index contributed by atoms with van der Waals surface area (Å²) in [5.74, 6) is 0.351. The molecule has 0 bridgehead atoms. The Morgan fingerprint density at radius 1 is 1.39 bits per heavy atom. The first-order valence-corrected chi connectivity index (χ1v) is 5.97. The van der Waals surface area contributed by atoms with Crippen molar-refractivity contribution in [2.24, 2.45) is 0 Å². The van der Waals surface area contributed by atoms with Crippen LogP contribution in [-0.4, -0.2) is 60.7 Å². The van der Waals surface area contributed by atoms with Crippen LogP contribution in [0.1, 0.15) is 17.4 Å². The highest BCUT2D eigenvalue weighted by Crippen LogP contribution is 2.16. The topological polar surface area (TPSA) is 58.6 Å². The van der Waals surface area contributed by atoms with E-state index in [0.717, 1.165) is 25.5 Å². The van der Waals surface area contributed by atoms with E-state index in [4.69, 9.17) is 0 Å². The average Bonchev–Trinajstić information content (AvgIpc) is 2.38. The Morgan fingerprint density at radius 2 is 2.17 bits per heavy atom. The lowest BCUT2D eigenvalue weighted by molar-refractivity contribution is 0.0593. The zero-order valence-electron chi connectivity index (χ0n) is 11.0. The van der Waals surface area contributed by atoms with Crippen LogP contribution in [0.15, 0.2) is 12.4 Å². The predicted molar refractivity (Wildman–Crippen MR) is 67.7 cm³/mol. The Kier molecular flexibility index (Phi) is 3.76. The lowest BCUT2D eigenvalue weighted by atomic mass is 10.2. The molecule has 1 unspecified atom stereocenters. The van der Waals surface area contributed by atoms with Crippen molar-refractivity contribution in [3.63, 3.8) is 0 Å². The minimum atomic E-state index is -0.458. The molecular weight excluding hydrogens is 232 g/mol. The monoisotopic (exact) mass is 250 g/mol. The zero-order valence-corrected chi connectivity index (χ0v) is 11.0. The summed E-state index contributed by atoms with van der Waals surface area (Å²) in [6.07, 6.45) is 3.10. The summed E-state index contributed by atoms with van der Waals surface area (Å²) < 4.78 is 4.60. The van der Waals surface area contributed by atoms with Crippen LogP contribution in [0, 0.1) is 0 Å². The van der Waals surface area contributed by atoms with Gasteiger partial charge in [0.1, 0.15) is 5.82 Å². The van der Waals surface area contributed by atoms with Gasteiger partial charge >= 0.3 is 5.97 Å². The maximum Gasteiger partial charge on any atom is 0.358 e. The summed E-state index contributed by atoms with van der Waals surface area (Å²) in [6.45, 7) is 5.08. The molecule has 1 fully saturated rings. The molecule has 1 aliphatic heterocycles. The smallest absolute Gasteiger partial charge is 0.358 e. The lowest BCUT2D eigenvalue weighted by Crippen LogP contribution is -2.50. The number of methoxy groups -OCH3 is 1. The first-order valence-electron chi connectivity index (χ1n) is 5.97. The van der Waals surface area contributed by atoms with Gasteiger partial charge in [0.25, 0.3) is 0 Å². The van der Waals surface area contributed by atoms with Crippen LogP contribution >= 0.6 is 0 Å². The van der Waals surface area contributed by atoms with Gasteiger partial charge in [-0.05, 0) is 14.0 Å². The van der Waals surface area contributed by atoms with Crippen LogP contribution in [0.2, 0.25) is 0 Å². The summed E-state index contributed by atoms with van der Waals surface area (Å²) in [5.41, 5.74) is 0.239. The summed E-state index contributed by atoms with van der Waals surface area (Å²) >= 11 is 0. The van der Waals surface area contributed by atoms with E-state index in [2.05, 4.69) is 38.5 Å². The SMILES string of the molecule is COC(=O)c1cnc(N2CCN(C)CC2C)cn1. The number of rotatable bonds is 2. The number of anilines is 1. The van der Waals surface area contributed by atoms with Gasteiger partial charge in [-0.1, -0.05) is 0 Å². The quantitative estimate of drug-likeness (QED) is 0.708. The van der Waals surface area contributed by atoms with Gasteiger partial charge in [0.15, 0.2) is 5.69 Å². The van der Waals surface area contributed by atoms with Gasteiger partial charge in [-0.2, -0.15) is 0 Å². The van der Waals surface area contributed by atoms with E-state index < -0.39 is 5.97 Å². The molecule has 0 spiro atoms. The number of hydrogen-bond donors (Lipinski definition) is 0. The molecule has 2 heterocycles. The molecule has 0 amide bonds. The third-order valence-corrected chi connectivity index (χ3v) is 3.16. The second kappa shape index (κ2) is 5.30. The second-order valence-corrected chi connectivity index (χ2v) is 4.56. The maximum atomic E-state index is 11.3. The Bertz CT molecular complexity index is 421. The number of esters is 1. The Balaban J connectivity index is 2.12. The number of carbonyl (C=O) groups is 1. The van der Waals surface area contributed by atoms with Crippen molar-refractivity contribution in [2.75, 3.05) is 38.7 Å². The molecule has 6 nitrogen and oxygen atoms in total. The van der Waals surface area contributed by atoms with E-state index in [1.807, 2.05) is 0 Å². The number of carbonyl (C=O) groups excluding carboxylic acids is 1. The van der Waals surface area contributed by atoms with Crippen molar-refractivity contribution in [3.05, 3.63) is 18.1 Å². The fourth-order valence-electron chi connectivity index (χ4n) is 2.16. The fraction of sp³-hybridized carbons (Fsp3) is 0.583. The minimum absolute atomic E-state index is 0.239. The van der Waals surface area contributed by atoms with Crippen LogP contribution in [0.3, 0.4) is 0 Å². The Morgan fingerprint density at radius 3 is 2.72 bits per heavy atom. The van der Waals surface area contributed by atoms with E-state index in [1.165, 1.54) is 13.3 Å². The lowest BCUT2D eigenvalue weighted by Gasteiger charge is -2.38. The highest BCUT2D eigenvalue weighted by Gasteiger charge is 2.23. The summed E-state index contributed by atoms with van der Waals surface area (Å²) in [6, 6.07) is 0.391. The number of ether oxygens (including phenoxy) is 1. The molecule has 0 aliphatic carbocycles. The third-order valence-electron chi connectivity index (χ3n) is 3.16. The van der Waals surface area contributed by atoms with Crippen molar-refractivity contribution < 1.29 is 9.53 Å². The average molecular weight is 250 g/mol. The van der Waals surface area contributed by atoms with Crippen molar-refractivity contribution in [1.82, 2.24) is 14.9 Å². The summed E-state index contributed by atoms with van der Waals surface area (Å²) in [5, 5.41) is 0. The number of nitrogens with zero attached hydrogens (tertiary/aromatic N) is 4. The van der Waals surface area contributed by atoms with Crippen LogP contribution in [0.25, 0.3) is 0 Å². The van der Waals surface area contributed by atoms with Crippen molar-refractivity contribution in [2.45, 2.75) is 13.0 Å². The zero-order chi connectivity index (χ0) is 13.1. The van der Waals surface area contributed by atoms with Gasteiger partial charge in [0.05, 0.1) is 19.5 Å². The normalized spacial score (nSPS) is 20.8. The Hall–Kier alpha value is -1.69. The highest BCUT2D eigenvalue weighted by molar-refractivity contribution is 5.86. The van der Waals surface area contributed by atoms with E-state index in [9.17, 15) is 4.79 Å². The molecule has 1 aliphatic rings. The first-order chi connectivity index (χ1) is 8.61. The fourth-order valence-corrected chi connectivity index (χ4v) is 2.16. The van der Waals surface area contributed by atoms with Crippen LogP contribution in [0.4, 0.5) is 5.82 Å². The van der Waals surface area contributed by atoms with E-state index in [-0.39, 0.29) is 5.69 Å². The summed E-state index contributed by atoms with van der Waals surface area (Å²) in [4.78, 5) is 24.1. The number of piperazine rings is 1. The molecule has 2 rings (SSSR count).